The van der Waals surface area contributed by atoms with Crippen LogP contribution in [0.15, 0.2) is 53.6 Å². The lowest BCUT2D eigenvalue weighted by Gasteiger charge is -2.06. The molecule has 2 aromatic carbocycles. The van der Waals surface area contributed by atoms with Crippen LogP contribution in [0, 0.1) is 0 Å². The smallest absolute Gasteiger partial charge is 0.344 e. The Balaban J connectivity index is 1.79. The monoisotopic (exact) mass is 346 g/mol. The van der Waals surface area contributed by atoms with E-state index in [1.54, 1.807) is 25.3 Å². The molecular formula is C18H19ClN2O3. The zero-order valence-corrected chi connectivity index (χ0v) is 14.1. The van der Waals surface area contributed by atoms with Gasteiger partial charge in [-0.15, -0.1) is 0 Å². The Kier molecular flexibility index (Phi) is 7.11. The summed E-state index contributed by atoms with van der Waals surface area (Å²) >= 11 is 6.07. The molecule has 6 heteroatoms. The zero-order valence-electron chi connectivity index (χ0n) is 13.4. The first-order chi connectivity index (χ1) is 11.7. The number of hydrogen-bond acceptors (Lipinski definition) is 5. The molecule has 0 atom stereocenters. The Morgan fingerprint density at radius 2 is 1.96 bits per heavy atom. The van der Waals surface area contributed by atoms with Crippen LogP contribution in [0.2, 0.25) is 5.02 Å². The second-order valence-electron chi connectivity index (χ2n) is 4.85. The summed E-state index contributed by atoms with van der Waals surface area (Å²) < 4.78 is 10.1. The van der Waals surface area contributed by atoms with Crippen molar-refractivity contribution in [3.8, 4) is 5.75 Å². The van der Waals surface area contributed by atoms with E-state index >= 15 is 0 Å². The third kappa shape index (κ3) is 5.93. The summed E-state index contributed by atoms with van der Waals surface area (Å²) in [6.45, 7) is 2.56. The van der Waals surface area contributed by atoms with Crippen molar-refractivity contribution in [1.82, 2.24) is 5.43 Å². The molecule has 2 aromatic rings. The van der Waals surface area contributed by atoms with Gasteiger partial charge in [-0.25, -0.2) is 4.79 Å². The van der Waals surface area contributed by atoms with Crippen LogP contribution in [-0.4, -0.2) is 25.4 Å². The molecule has 0 aliphatic heterocycles. The molecule has 0 bridgehead atoms. The molecule has 0 saturated carbocycles. The predicted octanol–water partition coefficient (Wildman–Crippen LogP) is 3.41. The van der Waals surface area contributed by atoms with E-state index in [1.807, 2.05) is 36.4 Å². The first-order valence-corrected chi connectivity index (χ1v) is 7.94. The summed E-state index contributed by atoms with van der Waals surface area (Å²) in [6, 6.07) is 14.9. The standard InChI is InChI=1S/C18H19ClN2O3/c1-2-23-18(22)13-24-16-9-7-14(8-10-16)11-20-21-12-15-5-3-4-6-17(15)19/h3-11,21H,2,12-13H2,1H3/b20-11-. The van der Waals surface area contributed by atoms with Gasteiger partial charge in [0.25, 0.3) is 0 Å². The van der Waals surface area contributed by atoms with Crippen molar-refractivity contribution in [2.75, 3.05) is 13.2 Å². The van der Waals surface area contributed by atoms with Crippen LogP contribution in [0.25, 0.3) is 0 Å². The summed E-state index contributed by atoms with van der Waals surface area (Å²) in [6.07, 6.45) is 1.70. The molecule has 1 N–H and O–H groups in total. The van der Waals surface area contributed by atoms with E-state index in [-0.39, 0.29) is 12.6 Å². The summed E-state index contributed by atoms with van der Waals surface area (Å²) in [5.41, 5.74) is 4.85. The van der Waals surface area contributed by atoms with Gasteiger partial charge in [-0.05, 0) is 48.4 Å². The number of hydrazone groups is 1. The minimum absolute atomic E-state index is 0.0966. The minimum Gasteiger partial charge on any atom is -0.482 e. The van der Waals surface area contributed by atoms with Gasteiger partial charge in [0.15, 0.2) is 6.61 Å². The predicted molar refractivity (Wildman–Crippen MR) is 94.5 cm³/mol. The quantitative estimate of drug-likeness (QED) is 0.452. The highest BCUT2D eigenvalue weighted by atomic mass is 35.5. The maximum absolute atomic E-state index is 11.2. The summed E-state index contributed by atoms with van der Waals surface area (Å²) in [7, 11) is 0. The van der Waals surface area contributed by atoms with Gasteiger partial charge in [-0.3, -0.25) is 0 Å². The second-order valence-corrected chi connectivity index (χ2v) is 5.25. The normalized spacial score (nSPS) is 10.6. The van der Waals surface area contributed by atoms with Gasteiger partial charge in [0, 0.05) is 5.02 Å². The van der Waals surface area contributed by atoms with E-state index in [0.29, 0.717) is 23.9 Å². The van der Waals surface area contributed by atoms with Gasteiger partial charge < -0.3 is 14.9 Å². The maximum Gasteiger partial charge on any atom is 0.344 e. The highest BCUT2D eigenvalue weighted by Gasteiger charge is 2.02. The number of carbonyl (C=O) groups excluding carboxylic acids is 1. The number of esters is 1. The van der Waals surface area contributed by atoms with E-state index in [1.165, 1.54) is 0 Å². The van der Waals surface area contributed by atoms with Gasteiger partial charge in [-0.2, -0.15) is 5.10 Å². The molecule has 5 nitrogen and oxygen atoms in total. The molecule has 0 saturated heterocycles. The number of carbonyl (C=O) groups is 1. The van der Waals surface area contributed by atoms with E-state index in [4.69, 9.17) is 21.1 Å². The first kappa shape index (κ1) is 17.8. The van der Waals surface area contributed by atoms with Crippen LogP contribution < -0.4 is 10.2 Å². The zero-order chi connectivity index (χ0) is 17.2. The van der Waals surface area contributed by atoms with E-state index in [9.17, 15) is 4.79 Å². The van der Waals surface area contributed by atoms with Crippen molar-refractivity contribution < 1.29 is 14.3 Å². The SMILES string of the molecule is CCOC(=O)COc1ccc(/C=N\NCc2ccccc2Cl)cc1. The summed E-state index contributed by atoms with van der Waals surface area (Å²) in [5, 5.41) is 4.87. The topological polar surface area (TPSA) is 59.9 Å². The van der Waals surface area contributed by atoms with Crippen LogP contribution in [0.4, 0.5) is 0 Å². The number of hydrogen-bond donors (Lipinski definition) is 1. The van der Waals surface area contributed by atoms with E-state index < -0.39 is 0 Å². The summed E-state index contributed by atoms with van der Waals surface area (Å²) in [5.74, 6) is 0.219. The minimum atomic E-state index is -0.382. The van der Waals surface area contributed by atoms with Crippen molar-refractivity contribution in [3.05, 3.63) is 64.7 Å². The number of nitrogens with one attached hydrogen (secondary N) is 1. The number of benzene rings is 2. The third-order valence-corrected chi connectivity index (χ3v) is 3.44. The second kappa shape index (κ2) is 9.57. The highest BCUT2D eigenvalue weighted by Crippen LogP contribution is 2.14. The van der Waals surface area contributed by atoms with Crippen molar-refractivity contribution in [1.29, 1.82) is 0 Å². The van der Waals surface area contributed by atoms with Crippen LogP contribution >= 0.6 is 11.6 Å². The van der Waals surface area contributed by atoms with Crippen molar-refractivity contribution in [2.45, 2.75) is 13.5 Å². The Morgan fingerprint density at radius 3 is 2.67 bits per heavy atom. The molecule has 0 amide bonds. The average molecular weight is 347 g/mol. The van der Waals surface area contributed by atoms with E-state index in [2.05, 4.69) is 10.5 Å². The molecule has 0 radical (unpaired) electrons. The van der Waals surface area contributed by atoms with Gasteiger partial charge in [-0.1, -0.05) is 29.8 Å². The molecule has 0 fully saturated rings. The Morgan fingerprint density at radius 1 is 1.21 bits per heavy atom. The molecule has 0 aliphatic rings. The van der Waals surface area contributed by atoms with Gasteiger partial charge in [0.1, 0.15) is 5.75 Å². The average Bonchev–Trinajstić information content (AvgIpc) is 2.59. The Labute approximate surface area is 146 Å². The van der Waals surface area contributed by atoms with Crippen LogP contribution in [0.5, 0.6) is 5.75 Å². The van der Waals surface area contributed by atoms with Crippen LogP contribution in [-0.2, 0) is 16.1 Å². The lowest BCUT2D eigenvalue weighted by molar-refractivity contribution is -0.145. The molecule has 0 unspecified atom stereocenters. The highest BCUT2D eigenvalue weighted by molar-refractivity contribution is 6.31. The van der Waals surface area contributed by atoms with Crippen molar-refractivity contribution in [3.63, 3.8) is 0 Å². The van der Waals surface area contributed by atoms with Crippen LogP contribution in [0.3, 0.4) is 0 Å². The molecule has 0 aromatic heterocycles. The number of rotatable bonds is 8. The number of halogens is 1. The van der Waals surface area contributed by atoms with E-state index in [0.717, 1.165) is 11.1 Å². The molecule has 24 heavy (non-hydrogen) atoms. The lowest BCUT2D eigenvalue weighted by Crippen LogP contribution is -2.14. The first-order valence-electron chi connectivity index (χ1n) is 7.57. The Bertz CT molecular complexity index is 687. The molecular weight excluding hydrogens is 328 g/mol. The number of ether oxygens (including phenoxy) is 2. The van der Waals surface area contributed by atoms with Gasteiger partial charge >= 0.3 is 5.97 Å². The largest absolute Gasteiger partial charge is 0.482 e. The summed E-state index contributed by atoms with van der Waals surface area (Å²) in [4.78, 5) is 11.2. The molecule has 0 aliphatic carbocycles. The number of nitrogens with zero attached hydrogens (tertiary/aromatic N) is 1. The van der Waals surface area contributed by atoms with Crippen molar-refractivity contribution in [2.24, 2.45) is 5.10 Å². The Hall–Kier alpha value is -2.53. The molecule has 0 spiro atoms. The maximum atomic E-state index is 11.2. The van der Waals surface area contributed by atoms with Gasteiger partial charge in [0.2, 0.25) is 0 Å². The lowest BCUT2D eigenvalue weighted by atomic mass is 10.2. The fourth-order valence-electron chi connectivity index (χ4n) is 1.89. The molecule has 0 heterocycles. The fraction of sp³-hybridized carbons (Fsp3) is 0.222. The van der Waals surface area contributed by atoms with Crippen molar-refractivity contribution >= 4 is 23.8 Å². The third-order valence-electron chi connectivity index (χ3n) is 3.07. The molecule has 2 rings (SSSR count). The fourth-order valence-corrected chi connectivity index (χ4v) is 2.09. The molecule has 126 valence electrons. The van der Waals surface area contributed by atoms with Crippen LogP contribution in [0.1, 0.15) is 18.1 Å². The van der Waals surface area contributed by atoms with Gasteiger partial charge in [0.05, 0.1) is 19.4 Å².